The number of nitrogens with one attached hydrogen (secondary N) is 1. The number of aliphatic hydroxyl groups is 1. The van der Waals surface area contributed by atoms with Gasteiger partial charge in [-0.15, -0.1) is 0 Å². The molecule has 2 aromatic carbocycles. The molecule has 2 N–H and O–H groups in total. The van der Waals surface area contributed by atoms with E-state index in [1.807, 2.05) is 44.8 Å². The number of hydrogen-bond donors (Lipinski definition) is 2. The number of ether oxygens (including phenoxy) is 2. The molecule has 0 aliphatic carbocycles. The molecule has 2 amide bonds. The Morgan fingerprint density at radius 2 is 1.81 bits per heavy atom. The Bertz CT molecular complexity index is 1310. The van der Waals surface area contributed by atoms with Crippen LogP contribution in [0.2, 0.25) is 0 Å². The van der Waals surface area contributed by atoms with Gasteiger partial charge in [-0.3, -0.25) is 14.5 Å². The molecule has 0 saturated carbocycles. The van der Waals surface area contributed by atoms with Crippen molar-refractivity contribution >= 4 is 17.5 Å². The lowest BCUT2D eigenvalue weighted by molar-refractivity contribution is -0.137. The standard InChI is InChI=1S/C36H53F3N4O5/c1-25-21-43(26(2)24-44)35(46)31-20-30(40-34(45)11-9-18-41(4)5)16-17-32(31)48-27(3)10-7-8-19-47-33(25)23-42(6)22-28-12-14-29(15-13-28)36(37,38)39/h12-17,20,25-27,33,44H,7-11,18-19,21-24H2,1-6H3,(H,40,45)/t25-,26+,27-,33-/m1/s1. The van der Waals surface area contributed by atoms with E-state index in [0.717, 1.165) is 43.5 Å². The van der Waals surface area contributed by atoms with Crippen LogP contribution in [0.5, 0.6) is 5.75 Å². The number of amides is 2. The lowest BCUT2D eigenvalue weighted by atomic mass is 10.0. The van der Waals surface area contributed by atoms with Crippen molar-refractivity contribution in [1.29, 1.82) is 0 Å². The fourth-order valence-corrected chi connectivity index (χ4v) is 5.72. The number of halogens is 3. The average Bonchev–Trinajstić information content (AvgIpc) is 3.02. The first-order valence-corrected chi connectivity index (χ1v) is 16.8. The molecule has 9 nitrogen and oxygen atoms in total. The van der Waals surface area contributed by atoms with E-state index in [9.17, 15) is 27.9 Å². The Balaban J connectivity index is 1.85. The van der Waals surface area contributed by atoms with Gasteiger partial charge in [-0.2, -0.15) is 13.2 Å². The van der Waals surface area contributed by atoms with Gasteiger partial charge in [0.2, 0.25) is 5.91 Å². The molecule has 1 aliphatic rings. The Morgan fingerprint density at radius 3 is 2.46 bits per heavy atom. The van der Waals surface area contributed by atoms with E-state index < -0.39 is 17.8 Å². The van der Waals surface area contributed by atoms with Crippen LogP contribution in [0.15, 0.2) is 42.5 Å². The zero-order valence-electron chi connectivity index (χ0n) is 29.2. The van der Waals surface area contributed by atoms with Gasteiger partial charge in [0.1, 0.15) is 5.75 Å². The van der Waals surface area contributed by atoms with Gasteiger partial charge in [0.15, 0.2) is 0 Å². The third-order valence-electron chi connectivity index (χ3n) is 8.57. The van der Waals surface area contributed by atoms with Gasteiger partial charge in [-0.05, 0) is 103 Å². The van der Waals surface area contributed by atoms with Gasteiger partial charge in [-0.1, -0.05) is 19.1 Å². The van der Waals surface area contributed by atoms with Gasteiger partial charge < -0.3 is 29.7 Å². The predicted molar refractivity (Wildman–Crippen MR) is 181 cm³/mol. The largest absolute Gasteiger partial charge is 0.490 e. The molecule has 1 heterocycles. The van der Waals surface area contributed by atoms with Crippen LogP contribution in [0.1, 0.15) is 74.4 Å². The van der Waals surface area contributed by atoms with Gasteiger partial charge in [0.25, 0.3) is 5.91 Å². The van der Waals surface area contributed by atoms with Gasteiger partial charge >= 0.3 is 6.18 Å². The topological polar surface area (TPSA) is 94.6 Å². The molecule has 2 aromatic rings. The van der Waals surface area contributed by atoms with E-state index in [2.05, 4.69) is 5.32 Å². The summed E-state index contributed by atoms with van der Waals surface area (Å²) < 4.78 is 51.8. The first kappa shape index (κ1) is 39.3. The molecule has 0 spiro atoms. The number of carbonyl (C=O) groups is 2. The Labute approximate surface area is 283 Å². The van der Waals surface area contributed by atoms with Gasteiger partial charge in [0.05, 0.1) is 36.0 Å². The molecular weight excluding hydrogens is 625 g/mol. The summed E-state index contributed by atoms with van der Waals surface area (Å²) in [6.45, 7) is 7.94. The highest BCUT2D eigenvalue weighted by Gasteiger charge is 2.31. The lowest BCUT2D eigenvalue weighted by Crippen LogP contribution is -2.47. The minimum absolute atomic E-state index is 0.144. The van der Waals surface area contributed by atoms with E-state index in [0.29, 0.717) is 49.5 Å². The van der Waals surface area contributed by atoms with E-state index >= 15 is 0 Å². The van der Waals surface area contributed by atoms with Crippen LogP contribution in [-0.4, -0.2) is 104 Å². The molecule has 0 unspecified atom stereocenters. The fraction of sp³-hybridized carbons (Fsp3) is 0.611. The van der Waals surface area contributed by atoms with E-state index in [1.165, 1.54) is 12.1 Å². The highest BCUT2D eigenvalue weighted by molar-refractivity contribution is 5.99. The molecule has 1 aliphatic heterocycles. The normalized spacial score (nSPS) is 20.6. The van der Waals surface area contributed by atoms with Crippen molar-refractivity contribution in [3.05, 3.63) is 59.2 Å². The zero-order chi connectivity index (χ0) is 35.4. The number of fused-ring (bicyclic) bond motifs is 1. The molecule has 0 radical (unpaired) electrons. The minimum Gasteiger partial charge on any atom is -0.490 e. The van der Waals surface area contributed by atoms with Crippen molar-refractivity contribution in [2.45, 2.75) is 83.8 Å². The molecule has 48 heavy (non-hydrogen) atoms. The van der Waals surface area contributed by atoms with Crippen LogP contribution in [0.3, 0.4) is 0 Å². The van der Waals surface area contributed by atoms with Crippen LogP contribution < -0.4 is 10.1 Å². The summed E-state index contributed by atoms with van der Waals surface area (Å²) in [6, 6.07) is 9.75. The minimum atomic E-state index is -4.39. The van der Waals surface area contributed by atoms with Crippen molar-refractivity contribution in [2.75, 3.05) is 59.3 Å². The molecule has 12 heteroatoms. The van der Waals surface area contributed by atoms with Crippen molar-refractivity contribution in [1.82, 2.24) is 14.7 Å². The first-order chi connectivity index (χ1) is 22.7. The number of nitrogens with zero attached hydrogens (tertiary/aromatic N) is 3. The van der Waals surface area contributed by atoms with E-state index in [-0.39, 0.29) is 43.1 Å². The quantitative estimate of drug-likeness (QED) is 0.305. The molecular formula is C36H53F3N4O5. The maximum Gasteiger partial charge on any atom is 0.416 e. The van der Waals surface area contributed by atoms with Crippen molar-refractivity contribution in [3.63, 3.8) is 0 Å². The number of anilines is 1. The van der Waals surface area contributed by atoms with E-state index in [1.54, 1.807) is 30.0 Å². The molecule has 4 atom stereocenters. The molecule has 268 valence electrons. The first-order valence-electron chi connectivity index (χ1n) is 16.8. The molecule has 0 saturated heterocycles. The third kappa shape index (κ3) is 12.4. The summed E-state index contributed by atoms with van der Waals surface area (Å²) in [4.78, 5) is 32.6. The third-order valence-corrected chi connectivity index (χ3v) is 8.57. The number of benzene rings is 2. The summed E-state index contributed by atoms with van der Waals surface area (Å²) >= 11 is 0. The van der Waals surface area contributed by atoms with Gasteiger partial charge in [-0.25, -0.2) is 0 Å². The fourth-order valence-electron chi connectivity index (χ4n) is 5.72. The number of hydrogen-bond acceptors (Lipinski definition) is 7. The summed E-state index contributed by atoms with van der Waals surface area (Å²) in [7, 11) is 5.80. The Hall–Kier alpha value is -3.19. The predicted octanol–water partition coefficient (Wildman–Crippen LogP) is 5.91. The second-order valence-corrected chi connectivity index (χ2v) is 13.4. The van der Waals surface area contributed by atoms with Crippen LogP contribution >= 0.6 is 0 Å². The number of carbonyl (C=O) groups excluding carboxylic acids is 2. The van der Waals surface area contributed by atoms with Crippen LogP contribution in [0.4, 0.5) is 18.9 Å². The highest BCUT2D eigenvalue weighted by Crippen LogP contribution is 2.30. The Morgan fingerprint density at radius 1 is 1.10 bits per heavy atom. The number of alkyl halides is 3. The molecule has 0 bridgehead atoms. The number of rotatable bonds is 11. The Kier molecular flexibility index (Phi) is 15.2. The summed E-state index contributed by atoms with van der Waals surface area (Å²) in [5.41, 5.74) is 0.853. The number of aliphatic hydroxyl groups excluding tert-OH is 1. The maximum absolute atomic E-state index is 14.3. The molecule has 0 aromatic heterocycles. The smallest absolute Gasteiger partial charge is 0.416 e. The second kappa shape index (κ2) is 18.5. The van der Waals surface area contributed by atoms with Crippen LogP contribution in [0, 0.1) is 5.92 Å². The molecule has 0 fully saturated rings. The van der Waals surface area contributed by atoms with Crippen molar-refractivity contribution < 1.29 is 37.3 Å². The van der Waals surface area contributed by atoms with Crippen LogP contribution in [-0.2, 0) is 22.3 Å². The van der Waals surface area contributed by atoms with Gasteiger partial charge in [0, 0.05) is 44.3 Å². The maximum atomic E-state index is 14.3. The summed E-state index contributed by atoms with van der Waals surface area (Å²) in [5, 5.41) is 13.1. The zero-order valence-corrected chi connectivity index (χ0v) is 29.2. The number of likely N-dealkylation sites (N-methyl/N-ethyl adjacent to an activating group) is 1. The van der Waals surface area contributed by atoms with Crippen molar-refractivity contribution in [2.24, 2.45) is 5.92 Å². The summed E-state index contributed by atoms with van der Waals surface area (Å²) in [6.07, 6.45) is -1.43. The second-order valence-electron chi connectivity index (χ2n) is 13.4. The van der Waals surface area contributed by atoms with Crippen LogP contribution in [0.25, 0.3) is 0 Å². The van der Waals surface area contributed by atoms with E-state index in [4.69, 9.17) is 9.47 Å². The highest BCUT2D eigenvalue weighted by atomic mass is 19.4. The molecule has 3 rings (SSSR count). The monoisotopic (exact) mass is 678 g/mol. The average molecular weight is 679 g/mol. The van der Waals surface area contributed by atoms with Crippen molar-refractivity contribution in [3.8, 4) is 5.75 Å². The summed E-state index contributed by atoms with van der Waals surface area (Å²) in [5.74, 6) is -0.219. The SMILES string of the molecule is C[C@@H]1CCCCO[C@H](CN(C)Cc2ccc(C(F)(F)F)cc2)[C@H](C)CN([C@@H](C)CO)C(=O)c2cc(NC(=O)CCCN(C)C)ccc2O1. The lowest BCUT2D eigenvalue weighted by Gasteiger charge is -2.36.